The molecule has 0 spiro atoms. The molecular weight excluding hydrogens is 588 g/mol. The summed E-state index contributed by atoms with van der Waals surface area (Å²) in [5, 5.41) is 37.3. The van der Waals surface area contributed by atoms with Crippen molar-refractivity contribution in [2.45, 2.75) is 105 Å². The van der Waals surface area contributed by atoms with Gasteiger partial charge in [0.1, 0.15) is 11.5 Å². The van der Waals surface area contributed by atoms with Gasteiger partial charge in [-0.1, -0.05) is 52.4 Å². The van der Waals surface area contributed by atoms with E-state index in [1.165, 1.54) is 0 Å². The molecule has 2 aromatic carbocycles. The summed E-state index contributed by atoms with van der Waals surface area (Å²) < 4.78 is 0. The standard InChI is InChI=1S/C34H52N6O6/c1-5-7-17-35-33(45)37-25-19-23(3)31(43)27(21-25)39-29(41)15-13-11-9-10-12-14-16-30(42)40-28-22-26(20-24(4)32(28)44)38-34(46)36-18-8-6-2/h19-22,43-44H,5-18H2,1-4H3,(H,39,41)(H,40,42)(H2,35,37,45)(H2,36,38,46). The first-order valence-electron chi connectivity index (χ1n) is 16.4. The van der Waals surface area contributed by atoms with Gasteiger partial charge in [0.2, 0.25) is 11.8 Å². The molecule has 0 atom stereocenters. The quantitative estimate of drug-likeness (QED) is 0.0454. The molecule has 254 valence electrons. The van der Waals surface area contributed by atoms with Gasteiger partial charge in [-0.05, 0) is 74.9 Å². The van der Waals surface area contributed by atoms with Crippen LogP contribution in [0, 0.1) is 13.8 Å². The predicted octanol–water partition coefficient (Wildman–Crippen LogP) is 7.26. The van der Waals surface area contributed by atoms with Crippen LogP contribution in [0.25, 0.3) is 0 Å². The van der Waals surface area contributed by atoms with E-state index in [1.807, 2.05) is 13.8 Å². The minimum atomic E-state index is -0.339. The van der Waals surface area contributed by atoms with E-state index in [0.29, 0.717) is 61.3 Å². The molecule has 0 aliphatic heterocycles. The molecule has 46 heavy (non-hydrogen) atoms. The number of nitrogens with one attached hydrogen (secondary N) is 6. The minimum Gasteiger partial charge on any atom is -0.505 e. The monoisotopic (exact) mass is 640 g/mol. The van der Waals surface area contributed by atoms with E-state index in [9.17, 15) is 29.4 Å². The summed E-state index contributed by atoms with van der Waals surface area (Å²) in [4.78, 5) is 49.2. The minimum absolute atomic E-state index is 0.0331. The molecule has 8 N–H and O–H groups in total. The second-order valence-electron chi connectivity index (χ2n) is 11.6. The van der Waals surface area contributed by atoms with E-state index in [1.54, 1.807) is 38.1 Å². The second-order valence-corrected chi connectivity index (χ2v) is 11.6. The predicted molar refractivity (Wildman–Crippen MR) is 184 cm³/mol. The number of benzene rings is 2. The summed E-state index contributed by atoms with van der Waals surface area (Å²) in [5.74, 6) is -0.500. The van der Waals surface area contributed by atoms with Crippen molar-refractivity contribution >= 4 is 46.6 Å². The number of phenols is 2. The molecule has 6 amide bonds. The Bertz CT molecular complexity index is 1220. The fraction of sp³-hybridized carbons (Fsp3) is 0.529. The van der Waals surface area contributed by atoms with Crippen molar-refractivity contribution in [2.75, 3.05) is 34.4 Å². The summed E-state index contributed by atoms with van der Waals surface area (Å²) in [7, 11) is 0. The first-order chi connectivity index (χ1) is 22.0. The van der Waals surface area contributed by atoms with Crippen LogP contribution in [0.3, 0.4) is 0 Å². The van der Waals surface area contributed by atoms with Gasteiger partial charge in [-0.2, -0.15) is 0 Å². The van der Waals surface area contributed by atoms with Gasteiger partial charge < -0.3 is 42.1 Å². The molecule has 0 bridgehead atoms. The Morgan fingerprint density at radius 2 is 0.913 bits per heavy atom. The number of urea groups is 2. The summed E-state index contributed by atoms with van der Waals surface area (Å²) >= 11 is 0. The smallest absolute Gasteiger partial charge is 0.319 e. The van der Waals surface area contributed by atoms with Crippen LogP contribution in [0.2, 0.25) is 0 Å². The van der Waals surface area contributed by atoms with Crippen LogP contribution >= 0.6 is 0 Å². The average Bonchev–Trinajstić information content (AvgIpc) is 2.99. The molecular formula is C34H52N6O6. The largest absolute Gasteiger partial charge is 0.505 e. The van der Waals surface area contributed by atoms with E-state index in [0.717, 1.165) is 51.4 Å². The highest BCUT2D eigenvalue weighted by Gasteiger charge is 2.14. The van der Waals surface area contributed by atoms with Crippen molar-refractivity contribution < 1.29 is 29.4 Å². The summed E-state index contributed by atoms with van der Waals surface area (Å²) in [6.45, 7) is 8.62. The molecule has 0 aromatic heterocycles. The second kappa shape index (κ2) is 20.5. The van der Waals surface area contributed by atoms with Crippen molar-refractivity contribution in [3.63, 3.8) is 0 Å². The molecule has 0 saturated carbocycles. The lowest BCUT2D eigenvalue weighted by atomic mass is 10.1. The molecule has 0 radical (unpaired) electrons. The number of unbranched alkanes of at least 4 members (excludes halogenated alkanes) is 7. The third-order valence-electron chi connectivity index (χ3n) is 7.35. The number of amides is 6. The van der Waals surface area contributed by atoms with Crippen molar-refractivity contribution in [1.29, 1.82) is 0 Å². The van der Waals surface area contributed by atoms with Crippen LogP contribution in [0.15, 0.2) is 24.3 Å². The van der Waals surface area contributed by atoms with E-state index in [2.05, 4.69) is 31.9 Å². The van der Waals surface area contributed by atoms with Gasteiger partial charge in [0.05, 0.1) is 11.4 Å². The highest BCUT2D eigenvalue weighted by Crippen LogP contribution is 2.32. The van der Waals surface area contributed by atoms with Gasteiger partial charge in [-0.3, -0.25) is 9.59 Å². The topological polar surface area (TPSA) is 181 Å². The fourth-order valence-corrected chi connectivity index (χ4v) is 4.71. The average molecular weight is 641 g/mol. The third-order valence-corrected chi connectivity index (χ3v) is 7.35. The third kappa shape index (κ3) is 14.1. The normalized spacial score (nSPS) is 10.6. The van der Waals surface area contributed by atoms with Crippen LogP contribution in [0.1, 0.15) is 102 Å². The van der Waals surface area contributed by atoms with Crippen molar-refractivity contribution in [2.24, 2.45) is 0 Å². The van der Waals surface area contributed by atoms with E-state index < -0.39 is 0 Å². The molecule has 0 aliphatic carbocycles. The van der Waals surface area contributed by atoms with Gasteiger partial charge >= 0.3 is 12.1 Å². The van der Waals surface area contributed by atoms with Crippen LogP contribution in [-0.4, -0.2) is 47.2 Å². The highest BCUT2D eigenvalue weighted by atomic mass is 16.3. The zero-order valence-corrected chi connectivity index (χ0v) is 27.7. The molecule has 2 aromatic rings. The van der Waals surface area contributed by atoms with E-state index in [-0.39, 0.29) is 46.8 Å². The van der Waals surface area contributed by atoms with Gasteiger partial charge in [-0.15, -0.1) is 0 Å². The molecule has 0 saturated heterocycles. The number of aryl methyl sites for hydroxylation is 2. The Morgan fingerprint density at radius 1 is 0.543 bits per heavy atom. The zero-order chi connectivity index (χ0) is 33.9. The molecule has 12 nitrogen and oxygen atoms in total. The number of anilines is 4. The number of hydrogen-bond donors (Lipinski definition) is 8. The lowest BCUT2D eigenvalue weighted by molar-refractivity contribution is -0.117. The first kappa shape index (κ1) is 37.7. The molecule has 0 fully saturated rings. The van der Waals surface area contributed by atoms with Crippen molar-refractivity contribution in [3.8, 4) is 11.5 Å². The Kier molecular flexibility index (Phi) is 16.8. The number of hydrogen-bond acceptors (Lipinski definition) is 6. The Balaban J connectivity index is 1.67. The Labute approximate surface area is 272 Å². The van der Waals surface area contributed by atoms with Gasteiger partial charge in [0.25, 0.3) is 0 Å². The number of aromatic hydroxyl groups is 2. The molecule has 12 heteroatoms. The maximum absolute atomic E-state index is 12.5. The highest BCUT2D eigenvalue weighted by molar-refractivity contribution is 5.96. The molecule has 2 rings (SSSR count). The fourth-order valence-electron chi connectivity index (χ4n) is 4.71. The summed E-state index contributed by atoms with van der Waals surface area (Å²) in [6.07, 6.45) is 9.20. The van der Waals surface area contributed by atoms with Crippen molar-refractivity contribution in [1.82, 2.24) is 10.6 Å². The van der Waals surface area contributed by atoms with Gasteiger partial charge in [0.15, 0.2) is 0 Å². The lowest BCUT2D eigenvalue weighted by Gasteiger charge is -2.13. The van der Waals surface area contributed by atoms with Crippen LogP contribution in [-0.2, 0) is 9.59 Å². The lowest BCUT2D eigenvalue weighted by Crippen LogP contribution is -2.29. The SMILES string of the molecule is CCCCNC(=O)Nc1cc(C)c(O)c(NC(=O)CCCCCCCCC(=O)Nc2cc(NC(=O)NCCCC)cc(C)c2O)c1. The van der Waals surface area contributed by atoms with Crippen LogP contribution < -0.4 is 31.9 Å². The van der Waals surface area contributed by atoms with Gasteiger partial charge in [0, 0.05) is 37.3 Å². The summed E-state index contributed by atoms with van der Waals surface area (Å²) in [6, 6.07) is 5.69. The molecule has 0 aliphatic rings. The number of rotatable bonds is 19. The zero-order valence-electron chi connectivity index (χ0n) is 27.7. The maximum atomic E-state index is 12.5. The Hall–Kier alpha value is -4.48. The van der Waals surface area contributed by atoms with E-state index >= 15 is 0 Å². The molecule has 0 heterocycles. The number of phenolic OH excluding ortho intramolecular Hbond substituents is 2. The number of carbonyl (C=O) groups is 4. The van der Waals surface area contributed by atoms with Crippen molar-refractivity contribution in [3.05, 3.63) is 35.4 Å². The number of carbonyl (C=O) groups excluding carboxylic acids is 4. The Morgan fingerprint density at radius 3 is 1.28 bits per heavy atom. The van der Waals surface area contributed by atoms with Crippen LogP contribution in [0.4, 0.5) is 32.3 Å². The maximum Gasteiger partial charge on any atom is 0.319 e. The molecule has 0 unspecified atom stereocenters. The van der Waals surface area contributed by atoms with Crippen LogP contribution in [0.5, 0.6) is 11.5 Å². The van der Waals surface area contributed by atoms with E-state index in [4.69, 9.17) is 0 Å². The van der Waals surface area contributed by atoms with Gasteiger partial charge in [-0.25, -0.2) is 9.59 Å². The first-order valence-corrected chi connectivity index (χ1v) is 16.4. The summed E-state index contributed by atoms with van der Waals surface area (Å²) in [5.41, 5.74) is 2.55.